The molecule has 0 aliphatic heterocycles. The van der Waals surface area contributed by atoms with Gasteiger partial charge < -0.3 is 5.32 Å². The number of likely N-dealkylation sites (N-methyl/N-ethyl adjacent to an activating group) is 1. The summed E-state index contributed by atoms with van der Waals surface area (Å²) in [5, 5.41) is 2.69. The van der Waals surface area contributed by atoms with E-state index in [1.54, 1.807) is 36.2 Å². The summed E-state index contributed by atoms with van der Waals surface area (Å²) in [5.41, 5.74) is 0.819. The monoisotopic (exact) mass is 364 g/mol. The van der Waals surface area contributed by atoms with Gasteiger partial charge in [0, 0.05) is 12.1 Å². The summed E-state index contributed by atoms with van der Waals surface area (Å²) < 4.78 is 37.7. The highest BCUT2D eigenvalue weighted by atomic mass is 19.4. The predicted molar refractivity (Wildman–Crippen MR) is 92.9 cm³/mol. The number of ketones is 1. The number of halogens is 3. The molecule has 0 aromatic heterocycles. The van der Waals surface area contributed by atoms with Crippen LogP contribution in [0.15, 0.2) is 48.5 Å². The summed E-state index contributed by atoms with van der Waals surface area (Å²) >= 11 is 0. The maximum Gasteiger partial charge on any atom is 0.416 e. The Bertz CT molecular complexity index is 786. The van der Waals surface area contributed by atoms with Gasteiger partial charge in [0.05, 0.1) is 17.8 Å². The number of Topliss-reactive ketones (excluding diaryl/α,β-unsaturated/α-hetero) is 1. The molecule has 0 atom stereocenters. The first-order valence-corrected chi connectivity index (χ1v) is 7.91. The van der Waals surface area contributed by atoms with Crippen molar-refractivity contribution in [1.29, 1.82) is 0 Å². The fourth-order valence-electron chi connectivity index (χ4n) is 2.50. The molecule has 0 heterocycles. The third-order valence-corrected chi connectivity index (χ3v) is 3.73. The third-order valence-electron chi connectivity index (χ3n) is 3.73. The fourth-order valence-corrected chi connectivity index (χ4v) is 2.50. The topological polar surface area (TPSA) is 49.4 Å². The Morgan fingerprint density at radius 2 is 1.65 bits per heavy atom. The van der Waals surface area contributed by atoms with E-state index in [-0.39, 0.29) is 18.2 Å². The molecule has 138 valence electrons. The first-order chi connectivity index (χ1) is 12.2. The number of benzene rings is 2. The van der Waals surface area contributed by atoms with E-state index in [1.807, 2.05) is 0 Å². The normalized spacial score (nSPS) is 11.5. The number of nitrogens with zero attached hydrogens (tertiary/aromatic N) is 1. The number of hydrogen-bond acceptors (Lipinski definition) is 3. The standard InChI is InChI=1S/C19H19F3N2O2/c1-13(25)16-5-3-4-6-17(16)23-18(26)12-24(2)11-14-7-9-15(10-8-14)19(20,21)22/h3-10H,11-12H2,1-2H3,(H,23,26). The molecular formula is C19H19F3N2O2. The molecule has 0 saturated heterocycles. The van der Waals surface area contributed by atoms with Crippen LogP contribution in [0.25, 0.3) is 0 Å². The van der Waals surface area contributed by atoms with Gasteiger partial charge in [-0.15, -0.1) is 0 Å². The Hall–Kier alpha value is -2.67. The van der Waals surface area contributed by atoms with Crippen LogP contribution in [0.5, 0.6) is 0 Å². The highest BCUT2D eigenvalue weighted by molar-refractivity contribution is 6.04. The fraction of sp³-hybridized carbons (Fsp3) is 0.263. The van der Waals surface area contributed by atoms with E-state index >= 15 is 0 Å². The SMILES string of the molecule is CC(=O)c1ccccc1NC(=O)CN(C)Cc1ccc(C(F)(F)F)cc1. The average molecular weight is 364 g/mol. The molecule has 0 bridgehead atoms. The molecule has 1 N–H and O–H groups in total. The summed E-state index contributed by atoms with van der Waals surface area (Å²) in [4.78, 5) is 25.4. The number of carbonyl (C=O) groups excluding carboxylic acids is 2. The van der Waals surface area contributed by atoms with Crippen LogP contribution in [0.4, 0.5) is 18.9 Å². The van der Waals surface area contributed by atoms with Gasteiger partial charge in [-0.05, 0) is 43.8 Å². The van der Waals surface area contributed by atoms with Crippen molar-refractivity contribution in [2.24, 2.45) is 0 Å². The zero-order chi connectivity index (χ0) is 19.3. The van der Waals surface area contributed by atoms with E-state index in [9.17, 15) is 22.8 Å². The molecule has 26 heavy (non-hydrogen) atoms. The molecule has 2 rings (SSSR count). The Morgan fingerprint density at radius 3 is 2.23 bits per heavy atom. The zero-order valence-electron chi connectivity index (χ0n) is 14.4. The largest absolute Gasteiger partial charge is 0.416 e. The molecule has 2 aromatic rings. The summed E-state index contributed by atoms with van der Waals surface area (Å²) in [6.07, 6.45) is -4.37. The van der Waals surface area contributed by atoms with Crippen molar-refractivity contribution < 1.29 is 22.8 Å². The van der Waals surface area contributed by atoms with Crippen LogP contribution in [-0.2, 0) is 17.5 Å². The molecule has 7 heteroatoms. The van der Waals surface area contributed by atoms with E-state index in [2.05, 4.69) is 5.32 Å². The van der Waals surface area contributed by atoms with E-state index < -0.39 is 11.7 Å². The van der Waals surface area contributed by atoms with Crippen molar-refractivity contribution in [3.63, 3.8) is 0 Å². The van der Waals surface area contributed by atoms with Gasteiger partial charge in [0.15, 0.2) is 5.78 Å². The minimum atomic E-state index is -4.37. The maximum atomic E-state index is 12.6. The number of para-hydroxylation sites is 1. The Balaban J connectivity index is 1.94. The summed E-state index contributed by atoms with van der Waals surface area (Å²) in [5.74, 6) is -0.466. The van der Waals surface area contributed by atoms with Crippen LogP contribution in [-0.4, -0.2) is 30.2 Å². The molecule has 0 saturated carbocycles. The van der Waals surface area contributed by atoms with Gasteiger partial charge in [-0.3, -0.25) is 14.5 Å². The van der Waals surface area contributed by atoms with Crippen LogP contribution >= 0.6 is 0 Å². The minimum Gasteiger partial charge on any atom is -0.324 e. The number of nitrogens with one attached hydrogen (secondary N) is 1. The molecule has 0 aliphatic rings. The summed E-state index contributed by atoms with van der Waals surface area (Å²) in [6, 6.07) is 11.5. The first kappa shape index (κ1) is 19.7. The van der Waals surface area contributed by atoms with Crippen molar-refractivity contribution in [1.82, 2.24) is 4.90 Å². The molecule has 0 fully saturated rings. The number of amides is 1. The van der Waals surface area contributed by atoms with Crippen molar-refractivity contribution >= 4 is 17.4 Å². The number of hydrogen-bond donors (Lipinski definition) is 1. The van der Waals surface area contributed by atoms with E-state index in [0.717, 1.165) is 12.1 Å². The first-order valence-electron chi connectivity index (χ1n) is 7.91. The van der Waals surface area contributed by atoms with Crippen molar-refractivity contribution in [2.75, 3.05) is 18.9 Å². The molecule has 4 nitrogen and oxygen atoms in total. The van der Waals surface area contributed by atoms with Crippen LogP contribution in [0.1, 0.15) is 28.4 Å². The Morgan fingerprint density at radius 1 is 1.04 bits per heavy atom. The zero-order valence-corrected chi connectivity index (χ0v) is 14.4. The van der Waals surface area contributed by atoms with Gasteiger partial charge in [-0.25, -0.2) is 0 Å². The van der Waals surface area contributed by atoms with Gasteiger partial charge in [0.1, 0.15) is 0 Å². The molecule has 0 unspecified atom stereocenters. The lowest BCUT2D eigenvalue weighted by molar-refractivity contribution is -0.137. The Labute approximate surface area is 149 Å². The van der Waals surface area contributed by atoms with Crippen LogP contribution in [0.3, 0.4) is 0 Å². The van der Waals surface area contributed by atoms with Crippen LogP contribution in [0, 0.1) is 0 Å². The number of carbonyl (C=O) groups is 2. The number of alkyl halides is 3. The van der Waals surface area contributed by atoms with Crippen molar-refractivity contribution in [2.45, 2.75) is 19.6 Å². The molecule has 0 spiro atoms. The molecule has 2 aromatic carbocycles. The lowest BCUT2D eigenvalue weighted by Crippen LogP contribution is -2.30. The van der Waals surface area contributed by atoms with E-state index in [0.29, 0.717) is 23.4 Å². The van der Waals surface area contributed by atoms with Gasteiger partial charge in [-0.2, -0.15) is 13.2 Å². The van der Waals surface area contributed by atoms with Gasteiger partial charge in [-0.1, -0.05) is 24.3 Å². The highest BCUT2D eigenvalue weighted by Gasteiger charge is 2.29. The minimum absolute atomic E-state index is 0.0350. The van der Waals surface area contributed by atoms with Crippen LogP contribution < -0.4 is 5.32 Å². The molecule has 0 radical (unpaired) electrons. The van der Waals surface area contributed by atoms with Crippen molar-refractivity contribution in [3.8, 4) is 0 Å². The summed E-state index contributed by atoms with van der Waals surface area (Å²) in [7, 11) is 1.69. The highest BCUT2D eigenvalue weighted by Crippen LogP contribution is 2.29. The molecular weight excluding hydrogens is 345 g/mol. The second kappa shape index (κ2) is 8.14. The predicted octanol–water partition coefficient (Wildman–Crippen LogP) is 3.98. The second-order valence-electron chi connectivity index (χ2n) is 6.02. The number of rotatable bonds is 6. The lowest BCUT2D eigenvalue weighted by atomic mass is 10.1. The maximum absolute atomic E-state index is 12.6. The van der Waals surface area contributed by atoms with Gasteiger partial charge >= 0.3 is 6.18 Å². The quantitative estimate of drug-likeness (QED) is 0.789. The van der Waals surface area contributed by atoms with Crippen LogP contribution in [0.2, 0.25) is 0 Å². The average Bonchev–Trinajstić information content (AvgIpc) is 2.54. The molecule has 0 aliphatic carbocycles. The van der Waals surface area contributed by atoms with Gasteiger partial charge in [0.2, 0.25) is 5.91 Å². The van der Waals surface area contributed by atoms with E-state index in [4.69, 9.17) is 0 Å². The lowest BCUT2D eigenvalue weighted by Gasteiger charge is -2.17. The van der Waals surface area contributed by atoms with Gasteiger partial charge in [0.25, 0.3) is 0 Å². The van der Waals surface area contributed by atoms with Crippen molar-refractivity contribution in [3.05, 3.63) is 65.2 Å². The summed E-state index contributed by atoms with van der Waals surface area (Å²) in [6.45, 7) is 1.77. The molecule has 1 amide bonds. The number of anilines is 1. The smallest absolute Gasteiger partial charge is 0.324 e. The Kier molecular flexibility index (Phi) is 6.15. The van der Waals surface area contributed by atoms with E-state index in [1.165, 1.54) is 19.1 Å². The second-order valence-corrected chi connectivity index (χ2v) is 6.02. The third kappa shape index (κ3) is 5.42.